The molecular weight excluding hydrogens is 1260 g/mol. The van der Waals surface area contributed by atoms with Crippen LogP contribution in [-0.4, -0.2) is 77.9 Å². The maximum absolute atomic E-state index is 12.8. The third kappa shape index (κ3) is 16.5. The second kappa shape index (κ2) is 29.3. The molecule has 3 aliphatic carbocycles. The number of pyridine rings is 3. The van der Waals surface area contributed by atoms with Gasteiger partial charge in [-0.05, 0) is 190 Å². The summed E-state index contributed by atoms with van der Waals surface area (Å²) in [5.41, 5.74) is 11.1. The van der Waals surface area contributed by atoms with Gasteiger partial charge in [0.2, 0.25) is 18.7 Å². The van der Waals surface area contributed by atoms with Gasteiger partial charge in [0, 0.05) is 58.3 Å². The molecule has 21 heteroatoms. The summed E-state index contributed by atoms with van der Waals surface area (Å²) >= 11 is 0. The lowest BCUT2D eigenvalue weighted by molar-refractivity contribution is -0.158. The third-order valence-electron chi connectivity index (χ3n) is 18.2. The molecule has 4 unspecified atom stereocenters. The lowest BCUT2D eigenvalue weighted by Gasteiger charge is -2.21. The van der Waals surface area contributed by atoms with Crippen molar-refractivity contribution in [1.29, 1.82) is 5.26 Å². The quantitative estimate of drug-likeness (QED) is 0.0311. The molecule has 0 aliphatic heterocycles. The minimum absolute atomic E-state index is 0. The van der Waals surface area contributed by atoms with Gasteiger partial charge in [0.25, 0.3) is 0 Å². The molecule has 0 bridgehead atoms. The molecule has 5 heterocycles. The van der Waals surface area contributed by atoms with E-state index in [-0.39, 0.29) is 32.2 Å². The Hall–Kier alpha value is -10.8. The molecular formula is C79H79BN9O11. The van der Waals surface area contributed by atoms with Crippen molar-refractivity contribution in [1.82, 2.24) is 40.7 Å². The fourth-order valence-corrected chi connectivity index (χ4v) is 13.1. The van der Waals surface area contributed by atoms with Crippen LogP contribution in [0.5, 0.6) is 17.2 Å². The molecule has 3 fully saturated rings. The van der Waals surface area contributed by atoms with Crippen LogP contribution in [0.2, 0.25) is 0 Å². The van der Waals surface area contributed by atoms with Gasteiger partial charge in [0.1, 0.15) is 48.3 Å². The summed E-state index contributed by atoms with van der Waals surface area (Å²) in [7, 11) is 0. The minimum atomic E-state index is -0.668. The molecule has 1 amide bonds. The molecule has 20 nitrogen and oxygen atoms in total. The van der Waals surface area contributed by atoms with E-state index in [4.69, 9.17) is 37.9 Å². The Morgan fingerprint density at radius 1 is 0.510 bits per heavy atom. The number of hydrogen-bond acceptors (Lipinski definition) is 19. The van der Waals surface area contributed by atoms with E-state index in [1.807, 2.05) is 196 Å². The molecule has 6 aromatic carbocycles. The highest BCUT2D eigenvalue weighted by Gasteiger charge is 2.64. The molecule has 0 spiro atoms. The van der Waals surface area contributed by atoms with Crippen LogP contribution < -0.4 is 19.7 Å². The first kappa shape index (κ1) is 70.5. The van der Waals surface area contributed by atoms with E-state index < -0.39 is 39.3 Å². The van der Waals surface area contributed by atoms with Crippen LogP contribution in [0.3, 0.4) is 0 Å². The zero-order valence-corrected chi connectivity index (χ0v) is 57.5. The number of aromatic nitrogens is 7. The molecule has 2 N–H and O–H groups in total. The number of hydroxylamine groups is 1. The number of aryl methyl sites for hydroxylation is 3. The number of amides is 1. The van der Waals surface area contributed by atoms with Crippen molar-refractivity contribution in [2.45, 2.75) is 143 Å². The molecule has 5 aromatic heterocycles. The van der Waals surface area contributed by atoms with E-state index in [1.54, 1.807) is 5.48 Å². The van der Waals surface area contributed by atoms with E-state index in [2.05, 4.69) is 71.6 Å². The fraction of sp³-hybridized carbons (Fsp3) is 0.329. The molecule has 0 saturated heterocycles. The van der Waals surface area contributed by atoms with Gasteiger partial charge >= 0.3 is 11.9 Å². The minimum Gasteiger partial charge on any atom is -0.489 e. The number of ether oxygens (including phenoxy) is 5. The standard InChI is InChI=1S/C28H29N3O4.C27H28N2O3.C24H22N4O4.B/c1-18-13-20(22-7-5-6-8-24(22)30-18)16-33-21-11-9-19(10-12-21)14-28(26-29-17-34-31-26)15-23(28)25(32)35-27(2,3)4;1-18-13-20(22-7-5-6-8-24(22)29-18)16-31-21-11-9-19(10-12-21)14-27(17-28)15-23(27)25(30)32-26(2,3)4;1-15-10-17(19-4-2-3-5-21(19)26-15)13-31-18-8-6-16(7-9-18)11-24(23-25-14-32-28-23)12-20(24)22(29)27-30;/h5-13,17,23H,14-16H2,1-4H3;5-13,23H,14-16H2,1-4H3;2-10,14,20,30H,11-13H2,1H3,(H,27,29);/t23?,28-;;20?,24-;/m0.0./s1. The van der Waals surface area contributed by atoms with E-state index in [1.165, 1.54) is 12.8 Å². The van der Waals surface area contributed by atoms with E-state index in [0.717, 1.165) is 100 Å². The molecule has 3 radical (unpaired) electrons. The number of hydrogen-bond donors (Lipinski definition) is 2. The summed E-state index contributed by atoms with van der Waals surface area (Å²) in [5, 5.41) is 30.0. The van der Waals surface area contributed by atoms with Crippen molar-refractivity contribution >= 4 is 59.0 Å². The number of nitriles is 1. The van der Waals surface area contributed by atoms with E-state index in [0.29, 0.717) is 70.0 Å². The average molecular weight is 1340 g/mol. The number of nitrogens with one attached hydrogen (secondary N) is 1. The van der Waals surface area contributed by atoms with Crippen molar-refractivity contribution in [3.8, 4) is 23.3 Å². The molecule has 3 saturated carbocycles. The predicted molar refractivity (Wildman–Crippen MR) is 375 cm³/mol. The largest absolute Gasteiger partial charge is 0.489 e. The Morgan fingerprint density at radius 3 is 1.21 bits per heavy atom. The molecule has 6 atom stereocenters. The Morgan fingerprint density at radius 2 is 0.860 bits per heavy atom. The zero-order valence-electron chi connectivity index (χ0n) is 57.5. The maximum Gasteiger partial charge on any atom is 0.311 e. The van der Waals surface area contributed by atoms with Crippen LogP contribution in [0, 0.1) is 55.3 Å². The zero-order chi connectivity index (χ0) is 69.7. The Balaban J connectivity index is 0.000000151. The lowest BCUT2D eigenvalue weighted by atomic mass is 9.92. The van der Waals surface area contributed by atoms with Gasteiger partial charge in [-0.1, -0.05) is 101 Å². The van der Waals surface area contributed by atoms with Crippen LogP contribution in [0.1, 0.15) is 123 Å². The normalized spacial score (nSPS) is 19.5. The van der Waals surface area contributed by atoms with Gasteiger partial charge in [-0.25, -0.2) is 5.48 Å². The summed E-state index contributed by atoms with van der Waals surface area (Å²) in [5.74, 6) is 1.34. The number of rotatable bonds is 20. The molecule has 3 aliphatic rings. The van der Waals surface area contributed by atoms with E-state index >= 15 is 0 Å². The highest BCUT2D eigenvalue weighted by molar-refractivity contribution is 5.85. The highest BCUT2D eigenvalue weighted by Crippen LogP contribution is 2.58. The Labute approximate surface area is 582 Å². The summed E-state index contributed by atoms with van der Waals surface area (Å²) in [6, 6.07) is 56.2. The first-order chi connectivity index (χ1) is 47.5. The first-order valence-electron chi connectivity index (χ1n) is 33.1. The van der Waals surface area contributed by atoms with Crippen molar-refractivity contribution in [2.24, 2.45) is 23.2 Å². The van der Waals surface area contributed by atoms with Gasteiger partial charge in [0.05, 0.1) is 56.6 Å². The van der Waals surface area contributed by atoms with Crippen LogP contribution in [-0.2, 0) is 73.8 Å². The summed E-state index contributed by atoms with van der Waals surface area (Å²) in [6.07, 6.45) is 5.99. The highest BCUT2D eigenvalue weighted by atomic mass is 16.6. The van der Waals surface area contributed by atoms with Crippen LogP contribution >= 0.6 is 0 Å². The topological polar surface area (TPSA) is 270 Å². The van der Waals surface area contributed by atoms with Crippen LogP contribution in [0.15, 0.2) is 186 Å². The molecule has 509 valence electrons. The fourth-order valence-electron chi connectivity index (χ4n) is 13.1. The molecule has 14 rings (SSSR count). The smallest absolute Gasteiger partial charge is 0.311 e. The Bertz CT molecular complexity index is 4750. The summed E-state index contributed by atoms with van der Waals surface area (Å²) in [4.78, 5) is 59.3. The summed E-state index contributed by atoms with van der Waals surface area (Å²) in [6.45, 7) is 18.5. The van der Waals surface area contributed by atoms with E-state index in [9.17, 15) is 19.6 Å². The monoisotopic (exact) mass is 1340 g/mol. The maximum atomic E-state index is 12.8. The first-order valence-corrected chi connectivity index (χ1v) is 33.1. The molecule has 100 heavy (non-hydrogen) atoms. The number of carbonyl (C=O) groups excluding carboxylic acids is 3. The van der Waals surface area contributed by atoms with Crippen molar-refractivity contribution in [3.63, 3.8) is 0 Å². The number of nitrogens with zero attached hydrogens (tertiary/aromatic N) is 8. The average Bonchev–Trinajstić information content (AvgIpc) is 1.58. The molecule has 11 aromatic rings. The van der Waals surface area contributed by atoms with Crippen LogP contribution in [0.4, 0.5) is 0 Å². The van der Waals surface area contributed by atoms with Crippen molar-refractivity contribution in [3.05, 3.63) is 239 Å². The number of fused-ring (bicyclic) bond motifs is 3. The number of esters is 2. The van der Waals surface area contributed by atoms with Gasteiger partial charge in [-0.15, -0.1) is 0 Å². The number of para-hydroxylation sites is 3. The lowest BCUT2D eigenvalue weighted by Crippen LogP contribution is -2.28. The number of benzene rings is 6. The number of carbonyl (C=O) groups is 3. The van der Waals surface area contributed by atoms with Crippen LogP contribution in [0.25, 0.3) is 32.7 Å². The SMILES string of the molecule is Cc1cc(COc2ccc(CC3(C#N)CC3C(=O)OC(C)(C)C)cc2)c2ccccc2n1.Cc1cc(COc2ccc(C[C@]3(c4ncon4)CC3C(=O)NO)cc2)c2ccccc2n1.Cc1cc(COc2ccc(C[C@]3(c4ncon4)CC3C(=O)OC(C)(C)C)cc2)c2ccccc2n1.[B]. The van der Waals surface area contributed by atoms with Gasteiger partial charge in [0.15, 0.2) is 11.6 Å². The predicted octanol–water partition coefficient (Wildman–Crippen LogP) is 14.0. The van der Waals surface area contributed by atoms with Gasteiger partial charge in [-0.2, -0.15) is 15.2 Å². The van der Waals surface area contributed by atoms with Crippen molar-refractivity contribution in [2.75, 3.05) is 0 Å². The van der Waals surface area contributed by atoms with Gasteiger partial charge < -0.3 is 32.7 Å². The Kier molecular flexibility index (Phi) is 20.7. The second-order valence-corrected chi connectivity index (χ2v) is 28.1. The third-order valence-corrected chi connectivity index (χ3v) is 18.2. The second-order valence-electron chi connectivity index (χ2n) is 28.1. The van der Waals surface area contributed by atoms with Gasteiger partial charge in [-0.3, -0.25) is 34.5 Å². The van der Waals surface area contributed by atoms with Crippen molar-refractivity contribution < 1.29 is 52.3 Å². The summed E-state index contributed by atoms with van der Waals surface area (Å²) < 4.78 is 39.2.